The number of unbranched alkanes of at least 4 members (excludes halogenated alkanes) is 1. The second kappa shape index (κ2) is 12.2. The molecule has 1 nitrogen and oxygen atoms in total. The van der Waals surface area contributed by atoms with Gasteiger partial charge in [0, 0.05) is 0 Å². The van der Waals surface area contributed by atoms with Crippen LogP contribution in [-0.4, -0.2) is 6.10 Å². The van der Waals surface area contributed by atoms with E-state index < -0.39 is 5.60 Å². The van der Waals surface area contributed by atoms with Gasteiger partial charge in [0.05, 0.1) is 6.10 Å². The first-order chi connectivity index (χ1) is 15.3. The Morgan fingerprint density at radius 1 is 0.774 bits per heavy atom. The molecule has 3 rings (SSSR count). The number of rotatable bonds is 11. The Morgan fingerprint density at radius 2 is 1.23 bits per heavy atom. The van der Waals surface area contributed by atoms with Gasteiger partial charge in [-0.3, -0.25) is 0 Å². The first-order valence-corrected chi connectivity index (χ1v) is 12.6. The van der Waals surface area contributed by atoms with Crippen molar-refractivity contribution in [3.8, 4) is 0 Å². The highest BCUT2D eigenvalue weighted by Gasteiger charge is 2.40. The van der Waals surface area contributed by atoms with Gasteiger partial charge < -0.3 is 4.74 Å². The van der Waals surface area contributed by atoms with E-state index in [2.05, 4.69) is 138 Å². The third-order valence-corrected chi connectivity index (χ3v) is 6.45. The summed E-state index contributed by atoms with van der Waals surface area (Å²) in [5.74, 6) is 0.474. The van der Waals surface area contributed by atoms with Crippen molar-refractivity contribution in [2.75, 3.05) is 0 Å². The molecule has 0 aliphatic carbocycles. The van der Waals surface area contributed by atoms with E-state index >= 15 is 0 Å². The fraction of sp³-hybridized carbons (Fsp3) is 0.310. The SMILES string of the molecule is CCCCC(CC)C(C=CI)OC(c1ccccc1)(c1ccccc1)c1ccccc1. The molecule has 0 saturated heterocycles. The van der Waals surface area contributed by atoms with E-state index in [9.17, 15) is 0 Å². The topological polar surface area (TPSA) is 9.23 Å². The predicted octanol–water partition coefficient (Wildman–Crippen LogP) is 8.53. The molecule has 31 heavy (non-hydrogen) atoms. The monoisotopic (exact) mass is 524 g/mol. The third-order valence-electron chi connectivity index (χ3n) is 6.03. The summed E-state index contributed by atoms with van der Waals surface area (Å²) in [6.45, 7) is 4.55. The Hall–Kier alpha value is -1.91. The molecule has 3 aromatic rings. The molecule has 0 fully saturated rings. The second-order valence-electron chi connectivity index (χ2n) is 7.99. The molecule has 162 valence electrons. The molecule has 0 spiro atoms. The number of benzene rings is 3. The van der Waals surface area contributed by atoms with E-state index in [1.165, 1.54) is 19.3 Å². The lowest BCUT2D eigenvalue weighted by Crippen LogP contribution is -2.39. The molecule has 0 N–H and O–H groups in total. The van der Waals surface area contributed by atoms with Gasteiger partial charge in [-0.2, -0.15) is 0 Å². The fourth-order valence-electron chi connectivity index (χ4n) is 4.36. The Kier molecular flexibility index (Phi) is 9.35. The third kappa shape index (κ3) is 5.67. The first kappa shape index (κ1) is 23.7. The zero-order valence-corrected chi connectivity index (χ0v) is 20.7. The maximum atomic E-state index is 7.30. The van der Waals surface area contributed by atoms with E-state index in [1.54, 1.807) is 0 Å². The van der Waals surface area contributed by atoms with Crippen LogP contribution in [0.25, 0.3) is 0 Å². The van der Waals surface area contributed by atoms with E-state index in [4.69, 9.17) is 4.74 Å². The van der Waals surface area contributed by atoms with Gasteiger partial charge in [0.1, 0.15) is 5.60 Å². The Labute approximate surface area is 201 Å². The van der Waals surface area contributed by atoms with Gasteiger partial charge in [-0.05, 0) is 39.2 Å². The summed E-state index contributed by atoms with van der Waals surface area (Å²) < 4.78 is 9.41. The van der Waals surface area contributed by atoms with Crippen molar-refractivity contribution in [3.63, 3.8) is 0 Å². The lowest BCUT2D eigenvalue weighted by molar-refractivity contribution is -0.0527. The van der Waals surface area contributed by atoms with Crippen molar-refractivity contribution < 1.29 is 4.74 Å². The van der Waals surface area contributed by atoms with Crippen molar-refractivity contribution in [2.24, 2.45) is 5.92 Å². The summed E-state index contributed by atoms with van der Waals surface area (Å²) in [4.78, 5) is 0. The van der Waals surface area contributed by atoms with Crippen LogP contribution >= 0.6 is 22.6 Å². The molecule has 2 atom stereocenters. The number of ether oxygens (including phenoxy) is 1. The van der Waals surface area contributed by atoms with Crippen LogP contribution < -0.4 is 0 Å². The van der Waals surface area contributed by atoms with Gasteiger partial charge in [-0.1, -0.05) is 147 Å². The maximum absolute atomic E-state index is 7.30. The summed E-state index contributed by atoms with van der Waals surface area (Å²) in [7, 11) is 0. The molecule has 0 aliphatic rings. The van der Waals surface area contributed by atoms with Crippen LogP contribution in [0.5, 0.6) is 0 Å². The average Bonchev–Trinajstić information content (AvgIpc) is 2.84. The quantitative estimate of drug-likeness (QED) is 0.180. The lowest BCUT2D eigenvalue weighted by Gasteiger charge is -2.40. The molecule has 0 aromatic heterocycles. The van der Waals surface area contributed by atoms with Crippen LogP contribution in [0.15, 0.2) is 101 Å². The van der Waals surface area contributed by atoms with Gasteiger partial charge in [0.2, 0.25) is 0 Å². The van der Waals surface area contributed by atoms with Crippen molar-refractivity contribution in [1.29, 1.82) is 0 Å². The fourth-order valence-corrected chi connectivity index (χ4v) is 4.77. The number of halogens is 1. The van der Waals surface area contributed by atoms with E-state index in [0.29, 0.717) is 5.92 Å². The van der Waals surface area contributed by atoms with Gasteiger partial charge >= 0.3 is 0 Å². The molecule has 0 saturated carbocycles. The minimum Gasteiger partial charge on any atom is -0.353 e. The Bertz CT molecular complexity index is 809. The summed E-state index contributed by atoms with van der Waals surface area (Å²) in [5.41, 5.74) is 2.79. The van der Waals surface area contributed by atoms with Crippen molar-refractivity contribution in [3.05, 3.63) is 118 Å². The van der Waals surface area contributed by atoms with Gasteiger partial charge in [0.25, 0.3) is 0 Å². The minimum atomic E-state index is -0.676. The maximum Gasteiger partial charge on any atom is 0.144 e. The van der Waals surface area contributed by atoms with Crippen LogP contribution in [0, 0.1) is 5.92 Å². The Balaban J connectivity index is 2.21. The normalized spacial score (nSPS) is 13.9. The van der Waals surface area contributed by atoms with Crippen LogP contribution in [-0.2, 0) is 10.3 Å². The highest BCUT2D eigenvalue weighted by Crippen LogP contribution is 2.43. The molecule has 0 bridgehead atoms. The van der Waals surface area contributed by atoms with Crippen molar-refractivity contribution in [2.45, 2.75) is 51.2 Å². The highest BCUT2D eigenvalue weighted by atomic mass is 127. The molecule has 2 heteroatoms. The summed E-state index contributed by atoms with van der Waals surface area (Å²) in [6, 6.07) is 32.0. The number of hydrogen-bond donors (Lipinski definition) is 0. The van der Waals surface area contributed by atoms with Gasteiger partial charge in [-0.25, -0.2) is 0 Å². The van der Waals surface area contributed by atoms with Crippen LogP contribution in [0.1, 0.15) is 56.2 Å². The first-order valence-electron chi connectivity index (χ1n) is 11.4. The lowest BCUT2D eigenvalue weighted by atomic mass is 9.79. The summed E-state index contributed by atoms with van der Waals surface area (Å²) >= 11 is 2.33. The standard InChI is InChI=1S/C29H33IO/c1-3-5-15-24(4-2)28(22-23-30)31-29(25-16-9-6-10-17-25,26-18-11-7-12-19-26)27-20-13-8-14-21-27/h6-14,16-24,28H,3-5,15H2,1-2H3. The Morgan fingerprint density at radius 3 is 1.58 bits per heavy atom. The average molecular weight is 524 g/mol. The summed E-state index contributed by atoms with van der Waals surface area (Å²) in [5, 5.41) is 0. The van der Waals surface area contributed by atoms with Crippen LogP contribution in [0.3, 0.4) is 0 Å². The van der Waals surface area contributed by atoms with Crippen molar-refractivity contribution >= 4 is 22.6 Å². The molecule has 2 unspecified atom stereocenters. The van der Waals surface area contributed by atoms with E-state index in [-0.39, 0.29) is 6.10 Å². The summed E-state index contributed by atoms with van der Waals surface area (Å²) in [6.07, 6.45) is 6.97. The molecule has 0 heterocycles. The number of hydrogen-bond acceptors (Lipinski definition) is 1. The van der Waals surface area contributed by atoms with Crippen LogP contribution in [0.2, 0.25) is 0 Å². The second-order valence-corrected chi connectivity index (χ2v) is 8.71. The highest BCUT2D eigenvalue weighted by molar-refractivity contribution is 14.1. The minimum absolute atomic E-state index is 0.0223. The zero-order valence-electron chi connectivity index (χ0n) is 18.6. The molecule has 0 aliphatic heterocycles. The van der Waals surface area contributed by atoms with Crippen LogP contribution in [0.4, 0.5) is 0 Å². The molecular formula is C29H33IO. The predicted molar refractivity (Wildman–Crippen MR) is 141 cm³/mol. The molecule has 0 amide bonds. The molecule has 3 aromatic carbocycles. The van der Waals surface area contributed by atoms with E-state index in [1.807, 2.05) is 0 Å². The van der Waals surface area contributed by atoms with Gasteiger partial charge in [-0.15, -0.1) is 0 Å². The van der Waals surface area contributed by atoms with E-state index in [0.717, 1.165) is 23.1 Å². The largest absolute Gasteiger partial charge is 0.353 e. The smallest absolute Gasteiger partial charge is 0.144 e. The molecular weight excluding hydrogens is 491 g/mol. The van der Waals surface area contributed by atoms with Crippen molar-refractivity contribution in [1.82, 2.24) is 0 Å². The van der Waals surface area contributed by atoms with Gasteiger partial charge in [0.15, 0.2) is 0 Å². The molecule has 0 radical (unpaired) electrons. The zero-order chi connectivity index (χ0) is 21.9.